The van der Waals surface area contributed by atoms with Crippen molar-refractivity contribution in [3.63, 3.8) is 0 Å². The molecular formula is C20H26N2O3. The molecule has 0 heterocycles. The summed E-state index contributed by atoms with van der Waals surface area (Å²) in [5, 5.41) is 13.9. The second-order valence-corrected chi connectivity index (χ2v) is 6.72. The molecule has 0 spiro atoms. The predicted octanol–water partition coefficient (Wildman–Crippen LogP) is 3.31. The van der Waals surface area contributed by atoms with Gasteiger partial charge in [0.05, 0.1) is 6.10 Å². The summed E-state index contributed by atoms with van der Waals surface area (Å²) in [6.45, 7) is 4.53. The molecule has 2 rings (SSSR count). The minimum Gasteiger partial charge on any atom is -0.410 e. The van der Waals surface area contributed by atoms with Gasteiger partial charge in [0.2, 0.25) is 0 Å². The Morgan fingerprint density at radius 1 is 1.16 bits per heavy atom. The zero-order chi connectivity index (χ0) is 18.4. The lowest BCUT2D eigenvalue weighted by Crippen LogP contribution is -2.39. The van der Waals surface area contributed by atoms with Crippen molar-refractivity contribution in [1.82, 2.24) is 10.2 Å². The second-order valence-electron chi connectivity index (χ2n) is 6.72. The Kier molecular flexibility index (Phi) is 6.17. The fourth-order valence-corrected chi connectivity index (χ4v) is 2.40. The highest BCUT2D eigenvalue weighted by Gasteiger charge is 2.21. The summed E-state index contributed by atoms with van der Waals surface area (Å²) < 4.78 is 5.24. The molecule has 2 aromatic rings. The van der Waals surface area contributed by atoms with Gasteiger partial charge in [0.25, 0.3) is 0 Å². The third kappa shape index (κ3) is 5.31. The SMILES string of the molecule is CN(C)C(=O)Oc1cccc(C(O)CNC(C)(C)c2ccccc2)c1. The highest BCUT2D eigenvalue weighted by Crippen LogP contribution is 2.23. The van der Waals surface area contributed by atoms with Gasteiger partial charge in [-0.05, 0) is 37.1 Å². The molecule has 25 heavy (non-hydrogen) atoms. The van der Waals surface area contributed by atoms with Crippen LogP contribution in [0.3, 0.4) is 0 Å². The van der Waals surface area contributed by atoms with Crippen LogP contribution in [0.15, 0.2) is 54.6 Å². The molecule has 0 aliphatic carbocycles. The average molecular weight is 342 g/mol. The van der Waals surface area contributed by atoms with Gasteiger partial charge in [0.1, 0.15) is 5.75 Å². The van der Waals surface area contributed by atoms with Gasteiger partial charge in [-0.3, -0.25) is 0 Å². The minimum absolute atomic E-state index is 0.267. The topological polar surface area (TPSA) is 61.8 Å². The number of nitrogens with zero attached hydrogens (tertiary/aromatic N) is 1. The van der Waals surface area contributed by atoms with E-state index in [1.807, 2.05) is 24.3 Å². The van der Waals surface area contributed by atoms with Crippen molar-refractivity contribution in [2.75, 3.05) is 20.6 Å². The van der Waals surface area contributed by atoms with Crippen LogP contribution in [-0.4, -0.2) is 36.7 Å². The molecule has 1 unspecified atom stereocenters. The molecule has 0 saturated carbocycles. The zero-order valence-corrected chi connectivity index (χ0v) is 15.2. The van der Waals surface area contributed by atoms with Gasteiger partial charge >= 0.3 is 6.09 Å². The number of rotatable bonds is 6. The molecule has 2 N–H and O–H groups in total. The third-order valence-corrected chi connectivity index (χ3v) is 4.05. The number of nitrogens with one attached hydrogen (secondary N) is 1. The number of carbonyl (C=O) groups is 1. The van der Waals surface area contributed by atoms with Gasteiger partial charge in [0.15, 0.2) is 0 Å². The molecule has 5 heteroatoms. The molecule has 0 fully saturated rings. The smallest absolute Gasteiger partial charge is 0.410 e. The molecule has 0 aliphatic heterocycles. The normalized spacial score (nSPS) is 12.5. The van der Waals surface area contributed by atoms with Crippen LogP contribution in [0.5, 0.6) is 5.75 Å². The molecular weight excluding hydrogens is 316 g/mol. The maximum Gasteiger partial charge on any atom is 0.414 e. The predicted molar refractivity (Wildman–Crippen MR) is 98.6 cm³/mol. The molecule has 0 saturated heterocycles. The number of aliphatic hydroxyl groups excluding tert-OH is 1. The van der Waals surface area contributed by atoms with Crippen LogP contribution in [0, 0.1) is 0 Å². The van der Waals surface area contributed by atoms with Crippen LogP contribution >= 0.6 is 0 Å². The van der Waals surface area contributed by atoms with Gasteiger partial charge in [-0.1, -0.05) is 42.5 Å². The first-order chi connectivity index (χ1) is 11.8. The van der Waals surface area contributed by atoms with Crippen molar-refractivity contribution in [1.29, 1.82) is 0 Å². The van der Waals surface area contributed by atoms with Gasteiger partial charge in [-0.15, -0.1) is 0 Å². The Labute approximate surface area is 149 Å². The number of carbonyl (C=O) groups excluding carboxylic acids is 1. The van der Waals surface area contributed by atoms with Crippen molar-refractivity contribution in [3.05, 3.63) is 65.7 Å². The van der Waals surface area contributed by atoms with Gasteiger partial charge in [-0.2, -0.15) is 0 Å². The molecule has 2 aromatic carbocycles. The Bertz CT molecular complexity index is 699. The van der Waals surface area contributed by atoms with E-state index in [4.69, 9.17) is 4.74 Å². The Morgan fingerprint density at radius 3 is 2.48 bits per heavy atom. The van der Waals surface area contributed by atoms with Crippen molar-refractivity contribution in [2.24, 2.45) is 0 Å². The van der Waals surface area contributed by atoms with E-state index in [2.05, 4.69) is 31.3 Å². The van der Waals surface area contributed by atoms with E-state index in [1.54, 1.807) is 32.3 Å². The summed E-state index contributed by atoms with van der Waals surface area (Å²) >= 11 is 0. The van der Waals surface area contributed by atoms with E-state index in [-0.39, 0.29) is 5.54 Å². The molecule has 0 bridgehead atoms. The van der Waals surface area contributed by atoms with Crippen LogP contribution in [0.25, 0.3) is 0 Å². The highest BCUT2D eigenvalue weighted by molar-refractivity contribution is 5.70. The van der Waals surface area contributed by atoms with Crippen LogP contribution in [0.4, 0.5) is 4.79 Å². The fourth-order valence-electron chi connectivity index (χ4n) is 2.40. The lowest BCUT2D eigenvalue weighted by Gasteiger charge is -2.28. The number of benzene rings is 2. The van der Waals surface area contributed by atoms with Gasteiger partial charge in [-0.25, -0.2) is 4.79 Å². The minimum atomic E-state index is -0.707. The summed E-state index contributed by atoms with van der Waals surface area (Å²) in [7, 11) is 3.24. The number of hydrogen-bond donors (Lipinski definition) is 2. The Hall–Kier alpha value is -2.37. The first-order valence-electron chi connectivity index (χ1n) is 8.27. The number of hydrogen-bond acceptors (Lipinski definition) is 4. The van der Waals surface area contributed by atoms with Crippen molar-refractivity contribution in [2.45, 2.75) is 25.5 Å². The maximum absolute atomic E-state index is 11.6. The first-order valence-corrected chi connectivity index (χ1v) is 8.27. The molecule has 134 valence electrons. The maximum atomic E-state index is 11.6. The van der Waals surface area contributed by atoms with Crippen molar-refractivity contribution in [3.8, 4) is 5.75 Å². The van der Waals surface area contributed by atoms with Gasteiger partial charge in [0, 0.05) is 26.2 Å². The molecule has 0 aromatic heterocycles. The summed E-state index contributed by atoms with van der Waals surface area (Å²) in [6, 6.07) is 17.0. The lowest BCUT2D eigenvalue weighted by molar-refractivity contribution is 0.159. The van der Waals surface area contributed by atoms with Crippen molar-refractivity contribution >= 4 is 6.09 Å². The van der Waals surface area contributed by atoms with E-state index >= 15 is 0 Å². The average Bonchev–Trinajstić information content (AvgIpc) is 2.60. The van der Waals surface area contributed by atoms with Crippen LogP contribution in [0.1, 0.15) is 31.1 Å². The summed E-state index contributed by atoms with van der Waals surface area (Å²) in [5.41, 5.74) is 1.58. The molecule has 1 atom stereocenters. The highest BCUT2D eigenvalue weighted by atomic mass is 16.6. The molecule has 5 nitrogen and oxygen atoms in total. The van der Waals surface area contributed by atoms with Gasteiger partial charge < -0.3 is 20.1 Å². The zero-order valence-electron chi connectivity index (χ0n) is 15.2. The summed E-state index contributed by atoms with van der Waals surface area (Å²) in [5.74, 6) is 0.414. The molecule has 0 radical (unpaired) electrons. The van der Waals surface area contributed by atoms with E-state index < -0.39 is 12.2 Å². The van der Waals surface area contributed by atoms with E-state index in [9.17, 15) is 9.90 Å². The standard InChI is InChI=1S/C20H26N2O3/c1-20(2,16-10-6-5-7-11-16)21-14-18(23)15-9-8-12-17(13-15)25-19(24)22(3)4/h5-13,18,21,23H,14H2,1-4H3. The lowest BCUT2D eigenvalue weighted by atomic mass is 9.94. The van der Waals surface area contributed by atoms with Crippen LogP contribution < -0.4 is 10.1 Å². The van der Waals surface area contributed by atoms with E-state index in [1.165, 1.54) is 4.90 Å². The number of ether oxygens (including phenoxy) is 1. The first kappa shape index (κ1) is 19.0. The number of aliphatic hydroxyl groups is 1. The number of amides is 1. The van der Waals surface area contributed by atoms with Crippen LogP contribution in [-0.2, 0) is 5.54 Å². The largest absolute Gasteiger partial charge is 0.414 e. The van der Waals surface area contributed by atoms with Crippen molar-refractivity contribution < 1.29 is 14.6 Å². The fraction of sp³-hybridized carbons (Fsp3) is 0.350. The second kappa shape index (κ2) is 8.14. The third-order valence-electron chi connectivity index (χ3n) is 4.05. The molecule has 1 amide bonds. The van der Waals surface area contributed by atoms with E-state index in [0.29, 0.717) is 17.9 Å². The van der Waals surface area contributed by atoms with Crippen LogP contribution in [0.2, 0.25) is 0 Å². The Morgan fingerprint density at radius 2 is 1.84 bits per heavy atom. The summed E-state index contributed by atoms with van der Waals surface area (Å²) in [4.78, 5) is 13.0. The summed E-state index contributed by atoms with van der Waals surface area (Å²) in [6.07, 6.45) is -1.16. The quantitative estimate of drug-likeness (QED) is 0.845. The van der Waals surface area contributed by atoms with E-state index in [0.717, 1.165) is 5.56 Å². The monoisotopic (exact) mass is 342 g/mol. The molecule has 0 aliphatic rings. The Balaban J connectivity index is 2.01.